The standard InChI is InChI=1S/C16H24O7/c1-8(2)9-3-5-10(6-4-9)15(21)23-16-14(20)13(19)12(18)11(7-17)22-16/h5,9,11-14,16-20H,1,3-4,6-7H2,2H3/t9?,11-,12-,13+,14-,16+/m1/s1. The van der Waals surface area contributed by atoms with Crippen molar-refractivity contribution in [3.63, 3.8) is 0 Å². The number of hydrogen-bond donors (Lipinski definition) is 4. The van der Waals surface area contributed by atoms with Crippen molar-refractivity contribution in [1.29, 1.82) is 0 Å². The van der Waals surface area contributed by atoms with Crippen molar-refractivity contribution in [3.05, 3.63) is 23.8 Å². The predicted octanol–water partition coefficient (Wildman–Crippen LogP) is -0.368. The van der Waals surface area contributed by atoms with E-state index in [0.717, 1.165) is 12.0 Å². The van der Waals surface area contributed by atoms with Crippen LogP contribution in [0, 0.1) is 5.92 Å². The highest BCUT2D eigenvalue weighted by atomic mass is 16.7. The first-order chi connectivity index (χ1) is 10.8. The Bertz CT molecular complexity index is 485. The summed E-state index contributed by atoms with van der Waals surface area (Å²) in [5.41, 5.74) is 1.56. The summed E-state index contributed by atoms with van der Waals surface area (Å²) in [4.78, 5) is 12.2. The summed E-state index contributed by atoms with van der Waals surface area (Å²) < 4.78 is 10.3. The fourth-order valence-corrected chi connectivity index (χ4v) is 2.81. The lowest BCUT2D eigenvalue weighted by Crippen LogP contribution is -2.59. The fraction of sp³-hybridized carbons (Fsp3) is 0.688. The molecule has 2 rings (SSSR count). The van der Waals surface area contributed by atoms with Gasteiger partial charge in [0.2, 0.25) is 6.29 Å². The molecule has 0 radical (unpaired) electrons. The van der Waals surface area contributed by atoms with Gasteiger partial charge in [-0.15, -0.1) is 0 Å². The number of hydrogen-bond acceptors (Lipinski definition) is 7. The number of carbonyl (C=O) groups is 1. The van der Waals surface area contributed by atoms with Crippen LogP contribution in [-0.2, 0) is 14.3 Å². The van der Waals surface area contributed by atoms with Crippen molar-refractivity contribution < 1.29 is 34.7 Å². The molecule has 1 aliphatic heterocycles. The van der Waals surface area contributed by atoms with Crippen LogP contribution in [0.5, 0.6) is 0 Å². The Morgan fingerprint density at radius 3 is 2.57 bits per heavy atom. The monoisotopic (exact) mass is 328 g/mol. The molecule has 1 aliphatic carbocycles. The van der Waals surface area contributed by atoms with E-state index in [4.69, 9.17) is 14.6 Å². The Labute approximate surface area is 134 Å². The van der Waals surface area contributed by atoms with E-state index in [1.807, 2.05) is 6.92 Å². The Kier molecular flexibility index (Phi) is 5.94. The van der Waals surface area contributed by atoms with Gasteiger partial charge >= 0.3 is 5.97 Å². The Morgan fingerprint density at radius 1 is 1.35 bits per heavy atom. The second-order valence-electron chi connectivity index (χ2n) is 6.15. The molecule has 6 atom stereocenters. The summed E-state index contributed by atoms with van der Waals surface area (Å²) in [5.74, 6) is -0.284. The Hall–Kier alpha value is -1.25. The largest absolute Gasteiger partial charge is 0.429 e. The average molecular weight is 328 g/mol. The molecule has 0 spiro atoms. The molecule has 0 aromatic rings. The summed E-state index contributed by atoms with van der Waals surface area (Å²) in [7, 11) is 0. The molecule has 1 fully saturated rings. The molecule has 0 aromatic heterocycles. The van der Waals surface area contributed by atoms with E-state index in [2.05, 4.69) is 6.58 Å². The molecule has 0 aromatic carbocycles. The van der Waals surface area contributed by atoms with E-state index < -0.39 is 43.3 Å². The van der Waals surface area contributed by atoms with Gasteiger partial charge in [0.15, 0.2) is 0 Å². The van der Waals surface area contributed by atoms with Gasteiger partial charge < -0.3 is 29.9 Å². The van der Waals surface area contributed by atoms with Gasteiger partial charge in [0.1, 0.15) is 24.4 Å². The van der Waals surface area contributed by atoms with E-state index in [-0.39, 0.29) is 0 Å². The first-order valence-corrected chi connectivity index (χ1v) is 7.71. The minimum absolute atomic E-state index is 0.346. The molecule has 7 nitrogen and oxygen atoms in total. The van der Waals surface area contributed by atoms with Crippen LogP contribution in [0.1, 0.15) is 26.2 Å². The third-order valence-electron chi connectivity index (χ3n) is 4.44. The van der Waals surface area contributed by atoms with E-state index in [1.54, 1.807) is 6.08 Å². The van der Waals surface area contributed by atoms with E-state index >= 15 is 0 Å². The quantitative estimate of drug-likeness (QED) is 0.411. The van der Waals surface area contributed by atoms with Crippen LogP contribution in [0.4, 0.5) is 0 Å². The number of ether oxygens (including phenoxy) is 2. The van der Waals surface area contributed by atoms with Gasteiger partial charge in [-0.05, 0) is 32.1 Å². The van der Waals surface area contributed by atoms with Gasteiger partial charge in [0, 0.05) is 5.57 Å². The summed E-state index contributed by atoms with van der Waals surface area (Å²) in [5, 5.41) is 38.3. The summed E-state index contributed by atoms with van der Waals surface area (Å²) in [6.07, 6.45) is -3.33. The third kappa shape index (κ3) is 3.99. The van der Waals surface area contributed by atoms with Gasteiger partial charge in [-0.1, -0.05) is 18.2 Å². The average Bonchev–Trinajstić information content (AvgIpc) is 2.55. The molecule has 130 valence electrons. The van der Waals surface area contributed by atoms with Gasteiger partial charge in [0.25, 0.3) is 0 Å². The zero-order valence-corrected chi connectivity index (χ0v) is 13.1. The second-order valence-corrected chi connectivity index (χ2v) is 6.15. The number of aliphatic hydroxyl groups is 4. The molecule has 2 aliphatic rings. The molecule has 0 bridgehead atoms. The summed E-state index contributed by atoms with van der Waals surface area (Å²) >= 11 is 0. The highest BCUT2D eigenvalue weighted by molar-refractivity contribution is 5.88. The maximum absolute atomic E-state index is 12.2. The summed E-state index contributed by atoms with van der Waals surface area (Å²) in [6.45, 7) is 5.30. The number of rotatable bonds is 4. The van der Waals surface area contributed by atoms with E-state index in [9.17, 15) is 20.1 Å². The number of carbonyl (C=O) groups excluding carboxylic acids is 1. The Morgan fingerprint density at radius 2 is 2.04 bits per heavy atom. The van der Waals surface area contributed by atoms with Crippen molar-refractivity contribution in [3.8, 4) is 0 Å². The normalized spacial score (nSPS) is 37.9. The maximum Gasteiger partial charge on any atom is 0.336 e. The smallest absolute Gasteiger partial charge is 0.336 e. The SMILES string of the molecule is C=C(C)C1CC=C(C(=O)O[C@@H]2O[C@H](CO)[C@@H](O)[C@H](O)[C@H]2O)CC1. The van der Waals surface area contributed by atoms with Crippen LogP contribution in [0.25, 0.3) is 0 Å². The van der Waals surface area contributed by atoms with Gasteiger partial charge in [-0.25, -0.2) is 4.79 Å². The number of aliphatic hydroxyl groups excluding tert-OH is 4. The van der Waals surface area contributed by atoms with Crippen LogP contribution in [0.15, 0.2) is 23.8 Å². The van der Waals surface area contributed by atoms with Gasteiger partial charge in [0.05, 0.1) is 6.61 Å². The molecule has 0 saturated carbocycles. The van der Waals surface area contributed by atoms with Gasteiger partial charge in [-0.2, -0.15) is 0 Å². The first-order valence-electron chi connectivity index (χ1n) is 7.71. The zero-order valence-electron chi connectivity index (χ0n) is 13.1. The lowest BCUT2D eigenvalue weighted by atomic mass is 9.85. The third-order valence-corrected chi connectivity index (χ3v) is 4.44. The van der Waals surface area contributed by atoms with Crippen molar-refractivity contribution in [2.24, 2.45) is 5.92 Å². The fourth-order valence-electron chi connectivity index (χ4n) is 2.81. The first kappa shape index (κ1) is 18.1. The Balaban J connectivity index is 1.98. The molecule has 23 heavy (non-hydrogen) atoms. The highest BCUT2D eigenvalue weighted by Crippen LogP contribution is 2.30. The topological polar surface area (TPSA) is 116 Å². The minimum atomic E-state index is -1.58. The van der Waals surface area contributed by atoms with E-state index in [0.29, 0.717) is 24.3 Å². The molecule has 1 heterocycles. The molecule has 0 amide bonds. The van der Waals surface area contributed by atoms with Gasteiger partial charge in [-0.3, -0.25) is 0 Å². The van der Waals surface area contributed by atoms with Crippen molar-refractivity contribution in [2.45, 2.75) is 56.9 Å². The minimum Gasteiger partial charge on any atom is -0.429 e. The highest BCUT2D eigenvalue weighted by Gasteiger charge is 2.45. The zero-order chi connectivity index (χ0) is 17.1. The van der Waals surface area contributed by atoms with Crippen molar-refractivity contribution in [2.75, 3.05) is 6.61 Å². The molecular weight excluding hydrogens is 304 g/mol. The lowest BCUT2D eigenvalue weighted by Gasteiger charge is -2.39. The second kappa shape index (κ2) is 7.55. The summed E-state index contributed by atoms with van der Waals surface area (Å²) in [6, 6.07) is 0. The molecule has 1 unspecified atom stereocenters. The number of allylic oxidation sites excluding steroid dienone is 2. The maximum atomic E-state index is 12.2. The van der Waals surface area contributed by atoms with Crippen LogP contribution in [-0.4, -0.2) is 63.7 Å². The van der Waals surface area contributed by atoms with Crippen LogP contribution >= 0.6 is 0 Å². The van der Waals surface area contributed by atoms with Crippen molar-refractivity contribution in [1.82, 2.24) is 0 Å². The molecule has 1 saturated heterocycles. The van der Waals surface area contributed by atoms with Crippen LogP contribution in [0.3, 0.4) is 0 Å². The molecule has 4 N–H and O–H groups in total. The lowest BCUT2D eigenvalue weighted by molar-refractivity contribution is -0.291. The molecule has 7 heteroatoms. The molecular formula is C16H24O7. The number of esters is 1. The van der Waals surface area contributed by atoms with Crippen molar-refractivity contribution >= 4 is 5.97 Å². The predicted molar refractivity (Wildman–Crippen MR) is 80.1 cm³/mol. The van der Waals surface area contributed by atoms with Crippen LogP contribution in [0.2, 0.25) is 0 Å². The van der Waals surface area contributed by atoms with E-state index in [1.165, 1.54) is 0 Å². The van der Waals surface area contributed by atoms with Crippen LogP contribution < -0.4 is 0 Å².